The maximum atomic E-state index is 9.14. The van der Waals surface area contributed by atoms with Gasteiger partial charge in [-0.2, -0.15) is 0 Å². The summed E-state index contributed by atoms with van der Waals surface area (Å²) in [7, 11) is 0. The highest BCUT2D eigenvalue weighted by Gasteiger charge is 2.02. The molecule has 1 aromatic heterocycles. The average Bonchev–Trinajstić information content (AvgIpc) is 2.53. The van der Waals surface area contributed by atoms with Gasteiger partial charge in [0.05, 0.1) is 6.61 Å². The van der Waals surface area contributed by atoms with Gasteiger partial charge in [-0.05, 0) is 23.3 Å². The van der Waals surface area contributed by atoms with Gasteiger partial charge in [-0.3, -0.25) is 4.98 Å². The van der Waals surface area contributed by atoms with E-state index in [1.807, 2.05) is 54.7 Å². The van der Waals surface area contributed by atoms with E-state index < -0.39 is 0 Å². The molecule has 1 heterocycles. The van der Waals surface area contributed by atoms with Crippen molar-refractivity contribution in [2.45, 2.75) is 13.2 Å². The van der Waals surface area contributed by atoms with Crippen LogP contribution in [-0.2, 0) is 13.2 Å². The average molecular weight is 265 g/mol. The first-order valence-electron chi connectivity index (χ1n) is 6.51. The van der Waals surface area contributed by atoms with Crippen molar-refractivity contribution in [3.8, 4) is 5.75 Å². The normalized spacial score (nSPS) is 10.7. The van der Waals surface area contributed by atoms with Crippen molar-refractivity contribution in [1.82, 2.24) is 4.98 Å². The molecule has 100 valence electrons. The van der Waals surface area contributed by atoms with Crippen molar-refractivity contribution in [3.05, 3.63) is 72.1 Å². The van der Waals surface area contributed by atoms with Crippen molar-refractivity contribution >= 4 is 10.8 Å². The smallest absolute Gasteiger partial charge is 0.127 e. The Morgan fingerprint density at radius 2 is 1.85 bits per heavy atom. The van der Waals surface area contributed by atoms with Gasteiger partial charge >= 0.3 is 0 Å². The number of aliphatic hydroxyl groups excluding tert-OH is 1. The van der Waals surface area contributed by atoms with Gasteiger partial charge in [0.1, 0.15) is 12.4 Å². The molecule has 2 aromatic carbocycles. The van der Waals surface area contributed by atoms with Gasteiger partial charge < -0.3 is 9.84 Å². The summed E-state index contributed by atoms with van der Waals surface area (Å²) in [5, 5.41) is 11.3. The monoisotopic (exact) mass is 265 g/mol. The molecule has 0 bridgehead atoms. The van der Waals surface area contributed by atoms with Crippen LogP contribution in [0.5, 0.6) is 5.75 Å². The first-order valence-corrected chi connectivity index (χ1v) is 6.51. The molecule has 0 unspecified atom stereocenters. The van der Waals surface area contributed by atoms with Crippen LogP contribution in [0.4, 0.5) is 0 Å². The molecule has 0 fully saturated rings. The third-order valence-electron chi connectivity index (χ3n) is 3.21. The molecule has 0 amide bonds. The topological polar surface area (TPSA) is 42.4 Å². The van der Waals surface area contributed by atoms with E-state index >= 15 is 0 Å². The highest BCUT2D eigenvalue weighted by molar-refractivity contribution is 5.87. The fraction of sp³-hybridized carbons (Fsp3) is 0.118. The Morgan fingerprint density at radius 3 is 2.75 bits per heavy atom. The highest BCUT2D eigenvalue weighted by Crippen LogP contribution is 2.25. The van der Waals surface area contributed by atoms with Crippen LogP contribution >= 0.6 is 0 Å². The molecular weight excluding hydrogens is 250 g/mol. The van der Waals surface area contributed by atoms with E-state index in [2.05, 4.69) is 4.98 Å². The molecule has 1 N–H and O–H groups in total. The lowest BCUT2D eigenvalue weighted by atomic mass is 10.1. The van der Waals surface area contributed by atoms with E-state index in [-0.39, 0.29) is 6.61 Å². The zero-order valence-electron chi connectivity index (χ0n) is 11.0. The van der Waals surface area contributed by atoms with Gasteiger partial charge in [-0.25, -0.2) is 0 Å². The zero-order valence-corrected chi connectivity index (χ0v) is 11.0. The second kappa shape index (κ2) is 5.72. The standard InChI is InChI=1S/C17H15NO2/c19-11-13-3-1-4-14(9-13)12-20-17-6-2-5-15-10-18-8-7-16(15)17/h1-10,19H,11-12H2. The second-order valence-corrected chi connectivity index (χ2v) is 4.62. The van der Waals surface area contributed by atoms with Crippen LogP contribution in [0.2, 0.25) is 0 Å². The quantitative estimate of drug-likeness (QED) is 0.787. The van der Waals surface area contributed by atoms with Crippen LogP contribution in [0.1, 0.15) is 11.1 Å². The summed E-state index contributed by atoms with van der Waals surface area (Å²) in [5.41, 5.74) is 1.94. The van der Waals surface area contributed by atoms with E-state index in [4.69, 9.17) is 9.84 Å². The molecule has 3 heteroatoms. The molecule has 3 rings (SSSR count). The lowest BCUT2D eigenvalue weighted by molar-refractivity contribution is 0.280. The third-order valence-corrected chi connectivity index (χ3v) is 3.21. The molecule has 3 nitrogen and oxygen atoms in total. The van der Waals surface area contributed by atoms with Gasteiger partial charge in [0, 0.05) is 23.2 Å². The van der Waals surface area contributed by atoms with Gasteiger partial charge in [0.2, 0.25) is 0 Å². The van der Waals surface area contributed by atoms with Crippen LogP contribution in [-0.4, -0.2) is 10.1 Å². The molecular formula is C17H15NO2. The van der Waals surface area contributed by atoms with Crippen LogP contribution in [0.3, 0.4) is 0 Å². The van der Waals surface area contributed by atoms with Gasteiger partial charge in [0.15, 0.2) is 0 Å². The molecule has 0 spiro atoms. The summed E-state index contributed by atoms with van der Waals surface area (Å²) in [4.78, 5) is 4.11. The number of fused-ring (bicyclic) bond motifs is 1. The summed E-state index contributed by atoms with van der Waals surface area (Å²) in [6.07, 6.45) is 3.59. The molecule has 0 saturated heterocycles. The summed E-state index contributed by atoms with van der Waals surface area (Å²) in [5.74, 6) is 0.847. The predicted molar refractivity (Wildman–Crippen MR) is 78.4 cm³/mol. The van der Waals surface area contributed by atoms with Crippen molar-refractivity contribution in [3.63, 3.8) is 0 Å². The number of aromatic nitrogens is 1. The number of hydrogen-bond donors (Lipinski definition) is 1. The first-order chi connectivity index (χ1) is 9.86. The Bertz CT molecular complexity index is 720. The fourth-order valence-electron chi connectivity index (χ4n) is 2.20. The minimum atomic E-state index is 0.0494. The first kappa shape index (κ1) is 12.6. The molecule has 0 aliphatic rings. The SMILES string of the molecule is OCc1cccc(COc2cccc3cnccc23)c1. The molecule has 0 atom stereocenters. The summed E-state index contributed by atoms with van der Waals surface area (Å²) >= 11 is 0. The number of nitrogens with zero attached hydrogens (tertiary/aromatic N) is 1. The lowest BCUT2D eigenvalue weighted by Crippen LogP contribution is -1.97. The van der Waals surface area contributed by atoms with E-state index in [0.29, 0.717) is 6.61 Å². The summed E-state index contributed by atoms with van der Waals surface area (Å²) in [6, 6.07) is 15.7. The number of pyridine rings is 1. The molecule has 20 heavy (non-hydrogen) atoms. The largest absolute Gasteiger partial charge is 0.488 e. The van der Waals surface area contributed by atoms with Crippen LogP contribution < -0.4 is 4.74 Å². The number of ether oxygens (including phenoxy) is 1. The minimum absolute atomic E-state index is 0.0494. The minimum Gasteiger partial charge on any atom is -0.488 e. The fourth-order valence-corrected chi connectivity index (χ4v) is 2.20. The van der Waals surface area contributed by atoms with Crippen molar-refractivity contribution in [1.29, 1.82) is 0 Å². The Balaban J connectivity index is 1.83. The van der Waals surface area contributed by atoms with Crippen LogP contribution in [0.25, 0.3) is 10.8 Å². The summed E-state index contributed by atoms with van der Waals surface area (Å²) < 4.78 is 5.90. The maximum absolute atomic E-state index is 9.14. The van der Waals surface area contributed by atoms with E-state index in [0.717, 1.165) is 27.6 Å². The predicted octanol–water partition coefficient (Wildman–Crippen LogP) is 3.31. The molecule has 0 radical (unpaired) electrons. The Labute approximate surface area is 117 Å². The van der Waals surface area contributed by atoms with E-state index in [1.54, 1.807) is 6.20 Å². The highest BCUT2D eigenvalue weighted by atomic mass is 16.5. The molecule has 0 aliphatic heterocycles. The van der Waals surface area contributed by atoms with Crippen molar-refractivity contribution < 1.29 is 9.84 Å². The Morgan fingerprint density at radius 1 is 1.00 bits per heavy atom. The van der Waals surface area contributed by atoms with E-state index in [1.165, 1.54) is 0 Å². The number of rotatable bonds is 4. The van der Waals surface area contributed by atoms with Crippen molar-refractivity contribution in [2.75, 3.05) is 0 Å². The van der Waals surface area contributed by atoms with Gasteiger partial charge in [0.25, 0.3) is 0 Å². The van der Waals surface area contributed by atoms with Crippen molar-refractivity contribution in [2.24, 2.45) is 0 Å². The summed E-state index contributed by atoms with van der Waals surface area (Å²) in [6.45, 7) is 0.531. The van der Waals surface area contributed by atoms with Crippen LogP contribution in [0, 0.1) is 0 Å². The molecule has 3 aromatic rings. The Hall–Kier alpha value is -2.39. The molecule has 0 saturated carbocycles. The number of hydrogen-bond acceptors (Lipinski definition) is 3. The number of aliphatic hydroxyl groups is 1. The maximum Gasteiger partial charge on any atom is 0.127 e. The van der Waals surface area contributed by atoms with Gasteiger partial charge in [-0.1, -0.05) is 36.4 Å². The Kier molecular flexibility index (Phi) is 3.61. The molecule has 0 aliphatic carbocycles. The van der Waals surface area contributed by atoms with Crippen LogP contribution in [0.15, 0.2) is 60.9 Å². The number of benzene rings is 2. The second-order valence-electron chi connectivity index (χ2n) is 4.62. The third kappa shape index (κ3) is 2.63. The zero-order chi connectivity index (χ0) is 13.8. The lowest BCUT2D eigenvalue weighted by Gasteiger charge is -2.09. The van der Waals surface area contributed by atoms with E-state index in [9.17, 15) is 0 Å². The van der Waals surface area contributed by atoms with Gasteiger partial charge in [-0.15, -0.1) is 0 Å².